The lowest BCUT2D eigenvalue weighted by atomic mass is 10.1. The predicted octanol–water partition coefficient (Wildman–Crippen LogP) is 1.02. The zero-order valence-corrected chi connectivity index (χ0v) is 6.35. The quantitative estimate of drug-likeness (QED) is 0.674. The number of halogens is 2. The molecule has 0 atom stereocenters. The molecule has 0 bridgehead atoms. The van der Waals surface area contributed by atoms with Crippen LogP contribution >= 0.6 is 0 Å². The van der Waals surface area contributed by atoms with E-state index in [-0.39, 0.29) is 12.6 Å². The summed E-state index contributed by atoms with van der Waals surface area (Å²) in [6, 6.07) is 0.234. The van der Waals surface area contributed by atoms with Crippen molar-refractivity contribution >= 4 is 0 Å². The minimum atomic E-state index is -2.24. The van der Waals surface area contributed by atoms with Crippen LogP contribution in [0.1, 0.15) is 12.8 Å². The van der Waals surface area contributed by atoms with Crippen LogP contribution in [0.15, 0.2) is 0 Å². The third-order valence-electron chi connectivity index (χ3n) is 1.78. The molecule has 2 nitrogen and oxygen atoms in total. The largest absolute Gasteiger partial charge is 0.381 e. The normalized spacial score (nSPS) is 21.0. The molecule has 1 N–H and O–H groups in total. The lowest BCUT2D eigenvalue weighted by molar-refractivity contribution is 0.0693. The Kier molecular flexibility index (Phi) is 3.72. The van der Waals surface area contributed by atoms with Crippen molar-refractivity contribution in [2.45, 2.75) is 25.3 Å². The van der Waals surface area contributed by atoms with E-state index >= 15 is 0 Å². The molecule has 0 aliphatic carbocycles. The number of rotatable bonds is 3. The zero-order chi connectivity index (χ0) is 8.10. The Morgan fingerprint density at radius 2 is 2.00 bits per heavy atom. The number of hydrogen-bond acceptors (Lipinski definition) is 2. The van der Waals surface area contributed by atoms with E-state index in [1.807, 2.05) is 0 Å². The van der Waals surface area contributed by atoms with Gasteiger partial charge in [0.05, 0.1) is 6.54 Å². The first-order chi connectivity index (χ1) is 5.29. The minimum absolute atomic E-state index is 0.190. The molecule has 1 aliphatic rings. The van der Waals surface area contributed by atoms with Crippen molar-refractivity contribution in [1.82, 2.24) is 5.32 Å². The lowest BCUT2D eigenvalue weighted by Crippen LogP contribution is -2.37. The smallest absolute Gasteiger partial charge is 0.250 e. The van der Waals surface area contributed by atoms with Gasteiger partial charge in [-0.05, 0) is 12.8 Å². The highest BCUT2D eigenvalue weighted by molar-refractivity contribution is 4.69. The molecule has 0 radical (unpaired) electrons. The van der Waals surface area contributed by atoms with Gasteiger partial charge < -0.3 is 10.1 Å². The van der Waals surface area contributed by atoms with Crippen molar-refractivity contribution in [3.8, 4) is 0 Å². The fourth-order valence-corrected chi connectivity index (χ4v) is 1.16. The van der Waals surface area contributed by atoms with Crippen LogP contribution in [0.2, 0.25) is 0 Å². The SMILES string of the molecule is FC(F)CNC1CCOCC1. The van der Waals surface area contributed by atoms with E-state index in [9.17, 15) is 8.78 Å². The number of ether oxygens (including phenoxy) is 1. The van der Waals surface area contributed by atoms with E-state index in [0.29, 0.717) is 13.2 Å². The summed E-state index contributed by atoms with van der Waals surface area (Å²) in [4.78, 5) is 0. The van der Waals surface area contributed by atoms with Gasteiger partial charge in [0.2, 0.25) is 0 Å². The highest BCUT2D eigenvalue weighted by atomic mass is 19.3. The van der Waals surface area contributed by atoms with Crippen LogP contribution in [0, 0.1) is 0 Å². The summed E-state index contributed by atoms with van der Waals surface area (Å²) in [7, 11) is 0. The van der Waals surface area contributed by atoms with Gasteiger partial charge in [0, 0.05) is 19.3 Å². The molecule has 0 aromatic carbocycles. The Hall–Kier alpha value is -0.220. The molecule has 0 aromatic heterocycles. The highest BCUT2D eigenvalue weighted by Crippen LogP contribution is 2.06. The molecule has 1 rings (SSSR count). The van der Waals surface area contributed by atoms with E-state index in [1.54, 1.807) is 0 Å². The first-order valence-corrected chi connectivity index (χ1v) is 3.88. The van der Waals surface area contributed by atoms with Crippen molar-refractivity contribution in [2.24, 2.45) is 0 Å². The predicted molar refractivity (Wildman–Crippen MR) is 37.8 cm³/mol. The Bertz CT molecular complexity index is 105. The molecule has 1 saturated heterocycles. The van der Waals surface area contributed by atoms with E-state index < -0.39 is 6.43 Å². The maximum absolute atomic E-state index is 11.7. The maximum atomic E-state index is 11.7. The van der Waals surface area contributed by atoms with Crippen LogP contribution in [-0.4, -0.2) is 32.2 Å². The van der Waals surface area contributed by atoms with Crippen molar-refractivity contribution in [1.29, 1.82) is 0 Å². The standard InChI is InChI=1S/C7H13F2NO/c8-7(9)5-10-6-1-3-11-4-2-6/h6-7,10H,1-5H2. The van der Waals surface area contributed by atoms with Gasteiger partial charge in [0.1, 0.15) is 0 Å². The van der Waals surface area contributed by atoms with Gasteiger partial charge in [-0.25, -0.2) is 8.78 Å². The Morgan fingerprint density at radius 1 is 1.36 bits per heavy atom. The van der Waals surface area contributed by atoms with Crippen LogP contribution < -0.4 is 5.32 Å². The molecule has 1 fully saturated rings. The van der Waals surface area contributed by atoms with Gasteiger partial charge in [-0.15, -0.1) is 0 Å². The molecule has 0 unspecified atom stereocenters. The molecule has 66 valence electrons. The highest BCUT2D eigenvalue weighted by Gasteiger charge is 2.14. The molecule has 0 spiro atoms. The summed E-state index contributed by atoms with van der Waals surface area (Å²) in [6.45, 7) is 1.20. The minimum Gasteiger partial charge on any atom is -0.381 e. The molecule has 0 amide bonds. The van der Waals surface area contributed by atoms with Crippen LogP contribution in [0.25, 0.3) is 0 Å². The fourth-order valence-electron chi connectivity index (χ4n) is 1.16. The summed E-state index contributed by atoms with van der Waals surface area (Å²) < 4.78 is 28.5. The molecule has 0 aromatic rings. The van der Waals surface area contributed by atoms with Crippen molar-refractivity contribution in [3.63, 3.8) is 0 Å². The zero-order valence-electron chi connectivity index (χ0n) is 6.35. The Labute approximate surface area is 64.9 Å². The number of alkyl halides is 2. The molecule has 1 heterocycles. The van der Waals surface area contributed by atoms with E-state index in [2.05, 4.69) is 5.32 Å². The van der Waals surface area contributed by atoms with Crippen LogP contribution in [-0.2, 0) is 4.74 Å². The van der Waals surface area contributed by atoms with E-state index in [4.69, 9.17) is 4.74 Å². The molecule has 0 saturated carbocycles. The molecular formula is C7H13F2NO. The molecular weight excluding hydrogens is 152 g/mol. The maximum Gasteiger partial charge on any atom is 0.250 e. The van der Waals surface area contributed by atoms with Gasteiger partial charge in [-0.3, -0.25) is 0 Å². The van der Waals surface area contributed by atoms with Gasteiger partial charge >= 0.3 is 0 Å². The van der Waals surface area contributed by atoms with Crippen molar-refractivity contribution < 1.29 is 13.5 Å². The van der Waals surface area contributed by atoms with Gasteiger partial charge in [-0.2, -0.15) is 0 Å². The van der Waals surface area contributed by atoms with E-state index in [0.717, 1.165) is 12.8 Å². The third kappa shape index (κ3) is 3.62. The van der Waals surface area contributed by atoms with Crippen LogP contribution in [0.3, 0.4) is 0 Å². The molecule has 4 heteroatoms. The number of hydrogen-bond donors (Lipinski definition) is 1. The second-order valence-electron chi connectivity index (χ2n) is 2.69. The summed E-state index contributed by atoms with van der Waals surface area (Å²) in [5.41, 5.74) is 0. The van der Waals surface area contributed by atoms with Gasteiger partial charge in [-0.1, -0.05) is 0 Å². The molecule has 11 heavy (non-hydrogen) atoms. The lowest BCUT2D eigenvalue weighted by Gasteiger charge is -2.22. The Balaban J connectivity index is 2.05. The molecule has 1 aliphatic heterocycles. The van der Waals surface area contributed by atoms with Crippen LogP contribution in [0.4, 0.5) is 8.78 Å². The Morgan fingerprint density at radius 3 is 2.55 bits per heavy atom. The topological polar surface area (TPSA) is 21.3 Å². The van der Waals surface area contributed by atoms with Gasteiger partial charge in [0.25, 0.3) is 6.43 Å². The summed E-state index contributed by atoms with van der Waals surface area (Å²) in [5, 5.41) is 2.79. The average molecular weight is 165 g/mol. The first kappa shape index (κ1) is 8.87. The number of nitrogens with one attached hydrogen (secondary N) is 1. The van der Waals surface area contributed by atoms with Gasteiger partial charge in [0.15, 0.2) is 0 Å². The first-order valence-electron chi connectivity index (χ1n) is 3.88. The van der Waals surface area contributed by atoms with Crippen LogP contribution in [0.5, 0.6) is 0 Å². The second kappa shape index (κ2) is 4.62. The van der Waals surface area contributed by atoms with Crippen molar-refractivity contribution in [3.05, 3.63) is 0 Å². The summed E-state index contributed by atoms with van der Waals surface area (Å²) >= 11 is 0. The van der Waals surface area contributed by atoms with Crippen molar-refractivity contribution in [2.75, 3.05) is 19.8 Å². The fraction of sp³-hybridized carbons (Fsp3) is 1.00. The monoisotopic (exact) mass is 165 g/mol. The third-order valence-corrected chi connectivity index (χ3v) is 1.78. The average Bonchev–Trinajstić information content (AvgIpc) is 2.03. The summed E-state index contributed by atoms with van der Waals surface area (Å²) in [6.07, 6.45) is -0.530. The van der Waals surface area contributed by atoms with E-state index in [1.165, 1.54) is 0 Å². The second-order valence-corrected chi connectivity index (χ2v) is 2.69. The summed E-state index contributed by atoms with van der Waals surface area (Å²) in [5.74, 6) is 0.